The van der Waals surface area contributed by atoms with Crippen molar-refractivity contribution in [2.45, 2.75) is 154 Å². The van der Waals surface area contributed by atoms with Crippen LogP contribution < -0.4 is 0 Å². The topological polar surface area (TPSA) is 119 Å². The molecular weight excluding hydrogens is 512 g/mol. The number of carbonyl (C=O) groups is 3. The average Bonchev–Trinajstić information content (AvgIpc) is 2.96. The van der Waals surface area contributed by atoms with Gasteiger partial charge in [0.25, 0.3) is 0 Å². The van der Waals surface area contributed by atoms with Crippen LogP contribution in [0.25, 0.3) is 0 Å². The highest BCUT2D eigenvalue weighted by atomic mass is 16.6. The number of hydrogen-bond donors (Lipinski definition) is 2. The Kier molecular flexibility index (Phi) is 7.22. The van der Waals surface area contributed by atoms with E-state index in [4.69, 9.17) is 14.2 Å². The molecule has 8 nitrogen and oxygen atoms in total. The van der Waals surface area contributed by atoms with Crippen molar-refractivity contribution in [3.8, 4) is 0 Å². The van der Waals surface area contributed by atoms with Crippen LogP contribution in [0, 0.1) is 28.6 Å². The van der Waals surface area contributed by atoms with Crippen LogP contribution in [-0.4, -0.2) is 56.6 Å². The van der Waals surface area contributed by atoms with Gasteiger partial charge in [-0.1, -0.05) is 13.8 Å². The fraction of sp³-hybridized carbons (Fsp3) is 0.906. The lowest BCUT2D eigenvalue weighted by molar-refractivity contribution is -0.264. The number of fused-ring (bicyclic) bond motifs is 1. The Morgan fingerprint density at radius 3 is 1.82 bits per heavy atom. The van der Waals surface area contributed by atoms with E-state index >= 15 is 0 Å². The third kappa shape index (κ3) is 5.56. The van der Waals surface area contributed by atoms with Crippen LogP contribution >= 0.6 is 0 Å². The van der Waals surface area contributed by atoms with Gasteiger partial charge in [0.15, 0.2) is 0 Å². The lowest BCUT2D eigenvalue weighted by atomic mass is 9.50. The monoisotopic (exact) mass is 562 g/mol. The minimum atomic E-state index is -0.842. The molecule has 8 bridgehead atoms. The summed E-state index contributed by atoms with van der Waals surface area (Å²) in [6.07, 6.45) is 9.23. The summed E-state index contributed by atoms with van der Waals surface area (Å²) in [5.74, 6) is 0.266. The Bertz CT molecular complexity index is 1030. The first kappa shape index (κ1) is 29.8. The summed E-state index contributed by atoms with van der Waals surface area (Å²) in [5.41, 5.74) is -3.74. The molecule has 226 valence electrons. The van der Waals surface area contributed by atoms with Crippen molar-refractivity contribution in [1.82, 2.24) is 0 Å². The predicted octanol–water partition coefficient (Wildman–Crippen LogP) is 5.00. The molecule has 2 heterocycles. The minimum Gasteiger partial charge on any atom is -0.462 e. The smallest absolute Gasteiger partial charge is 0.312 e. The molecule has 2 aliphatic heterocycles. The molecule has 40 heavy (non-hydrogen) atoms. The average molecular weight is 563 g/mol. The highest BCUT2D eigenvalue weighted by Crippen LogP contribution is 2.61. The van der Waals surface area contributed by atoms with Crippen molar-refractivity contribution < 1.29 is 38.8 Å². The molecule has 0 spiro atoms. The Balaban J connectivity index is 0.000000161. The molecule has 8 aliphatic rings. The van der Waals surface area contributed by atoms with Crippen molar-refractivity contribution in [2.75, 3.05) is 0 Å². The lowest BCUT2D eigenvalue weighted by Gasteiger charge is -2.62. The zero-order valence-electron chi connectivity index (χ0n) is 25.3. The molecule has 6 aliphatic carbocycles. The van der Waals surface area contributed by atoms with Gasteiger partial charge in [-0.15, -0.1) is 0 Å². The van der Waals surface area contributed by atoms with Gasteiger partial charge in [0, 0.05) is 32.1 Å². The highest BCUT2D eigenvalue weighted by Gasteiger charge is 2.65. The maximum absolute atomic E-state index is 12.4. The van der Waals surface area contributed by atoms with Crippen molar-refractivity contribution >= 4 is 17.9 Å². The molecule has 6 atom stereocenters. The van der Waals surface area contributed by atoms with Crippen molar-refractivity contribution in [3.63, 3.8) is 0 Å². The fourth-order valence-corrected chi connectivity index (χ4v) is 8.82. The van der Waals surface area contributed by atoms with Crippen LogP contribution in [-0.2, 0) is 28.6 Å². The standard InChI is InChI=1S/C16H26O4.C16H24O4/c1-4-13(2,3)12(17)20-16-7-11-5-14(18,9-16)8-15(19,6-11)10-16;1-4-15(2,3)14(18)20-16-7-10-5-11(8-16)13(17)19-12(6-10)9-16/h11,18-19H,4-10H2,1-3H3;10-12H,4-9H2,1-3H3. The van der Waals surface area contributed by atoms with Gasteiger partial charge in [0.05, 0.1) is 27.9 Å². The summed E-state index contributed by atoms with van der Waals surface area (Å²) in [5, 5.41) is 21.3. The van der Waals surface area contributed by atoms with E-state index in [1.54, 1.807) is 0 Å². The Labute approximate surface area is 238 Å². The van der Waals surface area contributed by atoms with Gasteiger partial charge >= 0.3 is 17.9 Å². The van der Waals surface area contributed by atoms with Gasteiger partial charge in [-0.3, -0.25) is 14.4 Å². The second kappa shape index (κ2) is 9.68. The number of rotatable bonds is 6. The first-order valence-corrected chi connectivity index (χ1v) is 15.6. The molecule has 2 saturated heterocycles. The van der Waals surface area contributed by atoms with Crippen molar-refractivity contribution in [3.05, 3.63) is 0 Å². The molecule has 8 heteroatoms. The van der Waals surface area contributed by atoms with E-state index in [1.807, 2.05) is 41.5 Å². The van der Waals surface area contributed by atoms with E-state index in [0.29, 0.717) is 38.0 Å². The third-order valence-corrected chi connectivity index (χ3v) is 11.2. The molecule has 0 radical (unpaired) electrons. The minimum absolute atomic E-state index is 0.0497. The molecule has 0 aromatic heterocycles. The largest absolute Gasteiger partial charge is 0.462 e. The number of esters is 3. The van der Waals surface area contributed by atoms with Gasteiger partial charge in [-0.25, -0.2) is 0 Å². The van der Waals surface area contributed by atoms with Crippen LogP contribution in [0.1, 0.15) is 125 Å². The Morgan fingerprint density at radius 2 is 1.30 bits per heavy atom. The molecule has 8 rings (SSSR count). The zero-order valence-corrected chi connectivity index (χ0v) is 25.3. The quantitative estimate of drug-likeness (QED) is 0.343. The maximum atomic E-state index is 12.4. The number of carbonyl (C=O) groups excluding carboxylic acids is 3. The summed E-state index contributed by atoms with van der Waals surface area (Å²) in [7, 11) is 0. The van der Waals surface area contributed by atoms with E-state index in [-0.39, 0.29) is 35.8 Å². The second-order valence-corrected chi connectivity index (χ2v) is 15.8. The van der Waals surface area contributed by atoms with Crippen LogP contribution in [0.2, 0.25) is 0 Å². The Hall–Kier alpha value is -1.67. The summed E-state index contributed by atoms with van der Waals surface area (Å²) in [6, 6.07) is 0. The fourth-order valence-electron chi connectivity index (χ4n) is 8.82. The molecule has 0 aromatic carbocycles. The van der Waals surface area contributed by atoms with E-state index in [9.17, 15) is 24.6 Å². The van der Waals surface area contributed by atoms with Crippen LogP contribution in [0.15, 0.2) is 0 Å². The molecule has 0 aromatic rings. The highest BCUT2D eigenvalue weighted by molar-refractivity contribution is 5.77. The molecule has 2 N–H and O–H groups in total. The van der Waals surface area contributed by atoms with E-state index in [0.717, 1.165) is 51.4 Å². The maximum Gasteiger partial charge on any atom is 0.312 e. The van der Waals surface area contributed by atoms with Gasteiger partial charge in [-0.05, 0) is 90.9 Å². The summed E-state index contributed by atoms with van der Waals surface area (Å²) in [6.45, 7) is 11.6. The molecule has 6 unspecified atom stereocenters. The molecule has 8 fully saturated rings. The number of hydrogen-bond acceptors (Lipinski definition) is 8. The van der Waals surface area contributed by atoms with Gasteiger partial charge in [0.2, 0.25) is 0 Å². The first-order valence-electron chi connectivity index (χ1n) is 15.6. The van der Waals surface area contributed by atoms with Crippen LogP contribution in [0.4, 0.5) is 0 Å². The van der Waals surface area contributed by atoms with Gasteiger partial charge in [0.1, 0.15) is 17.3 Å². The lowest BCUT2D eigenvalue weighted by Crippen LogP contribution is -2.67. The SMILES string of the molecule is CCC(C)(C)C(=O)OC12CC3CC(C1)OC(=O)C(C3)C2.CCC(C)(C)C(=O)OC12CC3CC(O)(CC(O)(C3)C1)C2. The van der Waals surface area contributed by atoms with Crippen LogP contribution in [0.5, 0.6) is 0 Å². The zero-order chi connectivity index (χ0) is 29.4. The van der Waals surface area contributed by atoms with Crippen molar-refractivity contribution in [2.24, 2.45) is 28.6 Å². The van der Waals surface area contributed by atoms with E-state index in [2.05, 4.69) is 0 Å². The summed E-state index contributed by atoms with van der Waals surface area (Å²) >= 11 is 0. The van der Waals surface area contributed by atoms with E-state index < -0.39 is 33.2 Å². The van der Waals surface area contributed by atoms with Gasteiger partial charge < -0.3 is 24.4 Å². The number of ether oxygens (including phenoxy) is 3. The van der Waals surface area contributed by atoms with Gasteiger partial charge in [-0.2, -0.15) is 0 Å². The molecule has 0 amide bonds. The second-order valence-electron chi connectivity index (χ2n) is 15.8. The Morgan fingerprint density at radius 1 is 0.775 bits per heavy atom. The molecular formula is C32H50O8. The number of aliphatic hydroxyl groups is 2. The normalized spacial score (nSPS) is 43.0. The summed E-state index contributed by atoms with van der Waals surface area (Å²) in [4.78, 5) is 36.8. The first-order chi connectivity index (χ1) is 18.4. The van der Waals surface area contributed by atoms with E-state index in [1.165, 1.54) is 0 Å². The van der Waals surface area contributed by atoms with Crippen LogP contribution in [0.3, 0.4) is 0 Å². The molecule has 6 saturated carbocycles. The predicted molar refractivity (Wildman–Crippen MR) is 147 cm³/mol. The van der Waals surface area contributed by atoms with Crippen molar-refractivity contribution in [1.29, 1.82) is 0 Å². The summed E-state index contributed by atoms with van der Waals surface area (Å²) < 4.78 is 17.4. The third-order valence-electron chi connectivity index (χ3n) is 11.2.